The van der Waals surface area contributed by atoms with Crippen molar-refractivity contribution in [3.8, 4) is 0 Å². The van der Waals surface area contributed by atoms with Gasteiger partial charge in [-0.1, -0.05) is 5.11 Å². The lowest BCUT2D eigenvalue weighted by Gasteiger charge is -2.29. The van der Waals surface area contributed by atoms with Gasteiger partial charge in [0, 0.05) is 17.5 Å². The van der Waals surface area contributed by atoms with Crippen LogP contribution < -0.4 is 0 Å². The molecule has 1 heterocycles. The van der Waals surface area contributed by atoms with Gasteiger partial charge in [-0.25, -0.2) is 4.79 Å². The van der Waals surface area contributed by atoms with E-state index in [2.05, 4.69) is 10.0 Å². The molecule has 0 spiro atoms. The Kier molecular flexibility index (Phi) is 3.39. The standard InChI is InChI=1S/C12H20N4O2/c1-12(2,3)18-11(17)16-7-6-9(14-15-13)10(16)8-4-5-8/h8-10H,4-7H2,1-3H3/t9-,10-/m1/s1. The van der Waals surface area contributed by atoms with E-state index in [1.165, 1.54) is 0 Å². The van der Waals surface area contributed by atoms with Crippen molar-refractivity contribution in [1.29, 1.82) is 0 Å². The molecule has 100 valence electrons. The number of rotatable bonds is 2. The molecule has 0 aromatic heterocycles. The van der Waals surface area contributed by atoms with Crippen molar-refractivity contribution < 1.29 is 9.53 Å². The number of hydrogen-bond acceptors (Lipinski definition) is 3. The van der Waals surface area contributed by atoms with E-state index in [-0.39, 0.29) is 18.2 Å². The second-order valence-corrected chi connectivity index (χ2v) is 6.06. The second kappa shape index (κ2) is 4.69. The summed E-state index contributed by atoms with van der Waals surface area (Å²) in [6, 6.07) is -0.0502. The summed E-state index contributed by atoms with van der Waals surface area (Å²) in [5.41, 5.74) is 8.10. The maximum atomic E-state index is 12.1. The third-order valence-electron chi connectivity index (χ3n) is 3.35. The van der Waals surface area contributed by atoms with Gasteiger partial charge in [0.05, 0.1) is 6.04 Å². The molecule has 2 aliphatic rings. The fourth-order valence-corrected chi connectivity index (χ4v) is 2.53. The Bertz CT molecular complexity index is 380. The van der Waals surface area contributed by atoms with Crippen molar-refractivity contribution in [3.05, 3.63) is 10.4 Å². The number of likely N-dealkylation sites (tertiary alicyclic amines) is 1. The molecule has 6 heteroatoms. The van der Waals surface area contributed by atoms with Crippen LogP contribution in [0.5, 0.6) is 0 Å². The van der Waals surface area contributed by atoms with Crippen molar-refractivity contribution in [3.63, 3.8) is 0 Å². The lowest BCUT2D eigenvalue weighted by Crippen LogP contribution is -2.43. The number of azide groups is 1. The summed E-state index contributed by atoms with van der Waals surface area (Å²) in [5.74, 6) is 0.482. The Morgan fingerprint density at radius 2 is 2.06 bits per heavy atom. The Morgan fingerprint density at radius 1 is 1.39 bits per heavy atom. The normalized spacial score (nSPS) is 27.8. The van der Waals surface area contributed by atoms with E-state index in [0.717, 1.165) is 19.3 Å². The predicted molar refractivity (Wildman–Crippen MR) is 67.0 cm³/mol. The van der Waals surface area contributed by atoms with Crippen molar-refractivity contribution >= 4 is 6.09 Å². The zero-order chi connectivity index (χ0) is 13.3. The fourth-order valence-electron chi connectivity index (χ4n) is 2.53. The lowest BCUT2D eigenvalue weighted by atomic mass is 10.1. The van der Waals surface area contributed by atoms with Gasteiger partial charge in [-0.2, -0.15) is 0 Å². The van der Waals surface area contributed by atoms with E-state index in [1.807, 2.05) is 20.8 Å². The van der Waals surface area contributed by atoms with E-state index < -0.39 is 5.60 Å². The SMILES string of the molecule is CC(C)(C)OC(=O)N1CC[C@@H](N=[N+]=[N-])[C@H]1C1CC1. The summed E-state index contributed by atoms with van der Waals surface area (Å²) in [7, 11) is 0. The molecule has 1 aliphatic carbocycles. The van der Waals surface area contributed by atoms with Gasteiger partial charge in [-0.15, -0.1) is 0 Å². The summed E-state index contributed by atoms with van der Waals surface area (Å²) in [6.45, 7) is 6.20. The molecule has 2 fully saturated rings. The van der Waals surface area contributed by atoms with E-state index in [4.69, 9.17) is 10.3 Å². The van der Waals surface area contributed by atoms with E-state index >= 15 is 0 Å². The van der Waals surface area contributed by atoms with E-state index in [0.29, 0.717) is 12.5 Å². The van der Waals surface area contributed by atoms with Crippen LogP contribution in [0.1, 0.15) is 40.0 Å². The molecule has 2 rings (SSSR count). The first-order valence-corrected chi connectivity index (χ1v) is 6.46. The Hall–Kier alpha value is -1.42. The zero-order valence-corrected chi connectivity index (χ0v) is 11.2. The first-order chi connectivity index (χ1) is 8.42. The first kappa shape index (κ1) is 13.0. The molecule has 0 N–H and O–H groups in total. The van der Waals surface area contributed by atoms with Gasteiger partial charge in [0.1, 0.15) is 5.60 Å². The molecule has 0 radical (unpaired) electrons. The smallest absolute Gasteiger partial charge is 0.410 e. The molecular formula is C12H20N4O2. The van der Waals surface area contributed by atoms with Crippen LogP contribution in [-0.4, -0.2) is 35.2 Å². The van der Waals surface area contributed by atoms with Gasteiger partial charge in [0.2, 0.25) is 0 Å². The summed E-state index contributed by atoms with van der Waals surface area (Å²) in [6.07, 6.45) is 2.68. The van der Waals surface area contributed by atoms with Crippen LogP contribution in [0.15, 0.2) is 5.11 Å². The third kappa shape index (κ3) is 2.88. The molecular weight excluding hydrogens is 232 g/mol. The Morgan fingerprint density at radius 3 is 2.56 bits per heavy atom. The predicted octanol–water partition coefficient (Wildman–Crippen LogP) is 3.08. The van der Waals surface area contributed by atoms with Crippen molar-refractivity contribution in [2.45, 2.75) is 57.7 Å². The number of hydrogen-bond donors (Lipinski definition) is 0. The highest BCUT2D eigenvalue weighted by Crippen LogP contribution is 2.41. The van der Waals surface area contributed by atoms with Crippen LogP contribution in [0, 0.1) is 5.92 Å². The minimum atomic E-state index is -0.484. The largest absolute Gasteiger partial charge is 0.444 e. The monoisotopic (exact) mass is 252 g/mol. The van der Waals surface area contributed by atoms with Gasteiger partial charge < -0.3 is 9.64 Å². The molecule has 18 heavy (non-hydrogen) atoms. The summed E-state index contributed by atoms with van der Waals surface area (Å²) in [4.78, 5) is 16.8. The van der Waals surface area contributed by atoms with Gasteiger partial charge in [-0.05, 0) is 51.5 Å². The Balaban J connectivity index is 2.08. The molecule has 0 aromatic rings. The summed E-state index contributed by atoms with van der Waals surface area (Å²) < 4.78 is 5.41. The van der Waals surface area contributed by atoms with Crippen LogP contribution >= 0.6 is 0 Å². The number of ether oxygens (including phenoxy) is 1. The number of nitrogens with zero attached hydrogens (tertiary/aromatic N) is 4. The number of amides is 1. The maximum absolute atomic E-state index is 12.1. The lowest BCUT2D eigenvalue weighted by molar-refractivity contribution is 0.0203. The van der Waals surface area contributed by atoms with E-state index in [1.54, 1.807) is 4.90 Å². The molecule has 6 nitrogen and oxygen atoms in total. The minimum absolute atomic E-state index is 0.0377. The van der Waals surface area contributed by atoms with Crippen LogP contribution in [0.4, 0.5) is 4.79 Å². The molecule has 0 aromatic carbocycles. The van der Waals surface area contributed by atoms with Crippen LogP contribution in [0.3, 0.4) is 0 Å². The van der Waals surface area contributed by atoms with Crippen molar-refractivity contribution in [2.24, 2.45) is 11.0 Å². The second-order valence-electron chi connectivity index (χ2n) is 6.06. The highest BCUT2D eigenvalue weighted by atomic mass is 16.6. The molecule has 1 amide bonds. The van der Waals surface area contributed by atoms with Crippen LogP contribution in [0.25, 0.3) is 10.4 Å². The maximum Gasteiger partial charge on any atom is 0.410 e. The average molecular weight is 252 g/mol. The molecule has 1 saturated carbocycles. The molecule has 2 atom stereocenters. The molecule has 1 saturated heterocycles. The molecule has 0 bridgehead atoms. The van der Waals surface area contributed by atoms with E-state index in [9.17, 15) is 4.79 Å². The summed E-state index contributed by atoms with van der Waals surface area (Å²) >= 11 is 0. The van der Waals surface area contributed by atoms with Crippen molar-refractivity contribution in [2.75, 3.05) is 6.54 Å². The minimum Gasteiger partial charge on any atom is -0.444 e. The van der Waals surface area contributed by atoms with Gasteiger partial charge >= 0.3 is 6.09 Å². The van der Waals surface area contributed by atoms with Gasteiger partial charge in [0.25, 0.3) is 0 Å². The number of carbonyl (C=O) groups is 1. The highest BCUT2D eigenvalue weighted by molar-refractivity contribution is 5.69. The molecule has 1 aliphatic heterocycles. The van der Waals surface area contributed by atoms with Crippen LogP contribution in [0.2, 0.25) is 0 Å². The number of carbonyl (C=O) groups excluding carboxylic acids is 1. The average Bonchev–Trinajstić information content (AvgIpc) is 2.98. The quantitative estimate of drug-likeness (QED) is 0.430. The van der Waals surface area contributed by atoms with Gasteiger partial charge in [-0.3, -0.25) is 0 Å². The van der Waals surface area contributed by atoms with Crippen LogP contribution in [-0.2, 0) is 4.74 Å². The first-order valence-electron chi connectivity index (χ1n) is 6.46. The summed E-state index contributed by atoms with van der Waals surface area (Å²) in [5, 5.41) is 3.83. The fraction of sp³-hybridized carbons (Fsp3) is 0.917. The van der Waals surface area contributed by atoms with Gasteiger partial charge in [0.15, 0.2) is 0 Å². The Labute approximate surface area is 107 Å². The highest BCUT2D eigenvalue weighted by Gasteiger charge is 2.46. The topological polar surface area (TPSA) is 78.3 Å². The third-order valence-corrected chi connectivity index (χ3v) is 3.35. The molecule has 0 unspecified atom stereocenters. The zero-order valence-electron chi connectivity index (χ0n) is 11.2. The van der Waals surface area contributed by atoms with Crippen molar-refractivity contribution in [1.82, 2.24) is 4.90 Å².